The van der Waals surface area contributed by atoms with Crippen LogP contribution in [0.4, 0.5) is 5.69 Å². The Morgan fingerprint density at radius 1 is 1.00 bits per heavy atom. The van der Waals surface area contributed by atoms with Crippen LogP contribution in [0, 0.1) is 13.8 Å². The highest BCUT2D eigenvalue weighted by Gasteiger charge is 2.41. The van der Waals surface area contributed by atoms with E-state index in [9.17, 15) is 4.79 Å². The summed E-state index contributed by atoms with van der Waals surface area (Å²) >= 11 is 0. The minimum Gasteiger partial charge on any atom is -0.489 e. The van der Waals surface area contributed by atoms with Gasteiger partial charge in [0.1, 0.15) is 12.4 Å². The van der Waals surface area contributed by atoms with Gasteiger partial charge in [0.25, 0.3) is 0 Å². The number of ether oxygens (including phenoxy) is 3. The molecule has 1 atom stereocenters. The smallest absolute Gasteiger partial charge is 0.224 e. The van der Waals surface area contributed by atoms with Crippen molar-refractivity contribution >= 4 is 11.6 Å². The third-order valence-electron chi connectivity index (χ3n) is 6.87. The fourth-order valence-corrected chi connectivity index (χ4v) is 4.93. The van der Waals surface area contributed by atoms with E-state index in [0.717, 1.165) is 30.8 Å². The molecule has 2 saturated heterocycles. The molecule has 0 aliphatic carbocycles. The predicted molar refractivity (Wildman–Crippen MR) is 123 cm³/mol. The third kappa shape index (κ3) is 4.34. The molecule has 2 fully saturated rings. The average Bonchev–Trinajstić information content (AvgIpc) is 3.25. The van der Waals surface area contributed by atoms with Gasteiger partial charge in [0.05, 0.1) is 31.4 Å². The zero-order chi connectivity index (χ0) is 22.1. The van der Waals surface area contributed by atoms with Crippen molar-refractivity contribution in [2.24, 2.45) is 0 Å². The number of amides is 1. The Hall–Kier alpha value is -2.57. The summed E-state index contributed by atoms with van der Waals surface area (Å²) in [4.78, 5) is 17.5. The summed E-state index contributed by atoms with van der Waals surface area (Å²) in [5, 5.41) is 0. The van der Waals surface area contributed by atoms with Crippen LogP contribution in [0.3, 0.4) is 0 Å². The summed E-state index contributed by atoms with van der Waals surface area (Å²) in [6.07, 6.45) is 1.93. The lowest BCUT2D eigenvalue weighted by Crippen LogP contribution is -2.50. The van der Waals surface area contributed by atoms with E-state index < -0.39 is 5.79 Å². The van der Waals surface area contributed by atoms with Crippen molar-refractivity contribution in [2.45, 2.75) is 51.5 Å². The molecule has 32 heavy (non-hydrogen) atoms. The number of carbonyl (C=O) groups is 1. The molecular formula is C26H32N2O4. The lowest BCUT2D eigenvalue weighted by atomic mass is 10.0. The van der Waals surface area contributed by atoms with E-state index in [1.807, 2.05) is 4.90 Å². The van der Waals surface area contributed by atoms with Crippen LogP contribution < -0.4 is 9.64 Å². The zero-order valence-corrected chi connectivity index (χ0v) is 19.0. The Morgan fingerprint density at radius 3 is 2.41 bits per heavy atom. The molecule has 0 N–H and O–H groups in total. The number of rotatable bonds is 4. The highest BCUT2D eigenvalue weighted by molar-refractivity contribution is 5.78. The quantitative estimate of drug-likeness (QED) is 0.729. The van der Waals surface area contributed by atoms with E-state index in [1.54, 1.807) is 0 Å². The maximum atomic E-state index is 13.2. The van der Waals surface area contributed by atoms with Crippen molar-refractivity contribution in [1.29, 1.82) is 0 Å². The SMILES string of the molecule is Cc1ccc(CN2c3ccc(C)cc3OC[C@@H]2CC(=O)N2CCC3(CC2)OCCO3)cc1. The highest BCUT2D eigenvalue weighted by atomic mass is 16.7. The molecular weight excluding hydrogens is 404 g/mol. The van der Waals surface area contributed by atoms with Crippen LogP contribution in [0.25, 0.3) is 0 Å². The van der Waals surface area contributed by atoms with Crippen LogP contribution in [-0.2, 0) is 20.8 Å². The number of aryl methyl sites for hydroxylation is 2. The Kier molecular flexibility index (Phi) is 5.82. The van der Waals surface area contributed by atoms with Gasteiger partial charge in [-0.15, -0.1) is 0 Å². The van der Waals surface area contributed by atoms with E-state index in [2.05, 4.69) is 61.2 Å². The number of anilines is 1. The Labute approximate surface area is 190 Å². The fraction of sp³-hybridized carbons (Fsp3) is 0.500. The molecule has 0 aromatic heterocycles. The molecule has 3 aliphatic heterocycles. The summed E-state index contributed by atoms with van der Waals surface area (Å²) in [6.45, 7) is 8.11. The molecule has 2 aromatic carbocycles. The second-order valence-electron chi connectivity index (χ2n) is 9.24. The number of hydrogen-bond acceptors (Lipinski definition) is 5. The molecule has 2 aromatic rings. The first kappa shape index (κ1) is 21.3. The Balaban J connectivity index is 1.31. The van der Waals surface area contributed by atoms with Crippen LogP contribution in [0.1, 0.15) is 36.0 Å². The van der Waals surface area contributed by atoms with E-state index in [0.29, 0.717) is 39.3 Å². The van der Waals surface area contributed by atoms with Crippen molar-refractivity contribution in [3.63, 3.8) is 0 Å². The topological polar surface area (TPSA) is 51.2 Å². The van der Waals surface area contributed by atoms with Gasteiger partial charge in [0.2, 0.25) is 5.91 Å². The van der Waals surface area contributed by atoms with Gasteiger partial charge < -0.3 is 24.0 Å². The molecule has 6 nitrogen and oxygen atoms in total. The van der Waals surface area contributed by atoms with Crippen LogP contribution in [0.15, 0.2) is 42.5 Å². The largest absolute Gasteiger partial charge is 0.489 e. The molecule has 170 valence electrons. The first-order chi connectivity index (χ1) is 15.5. The first-order valence-corrected chi connectivity index (χ1v) is 11.6. The number of benzene rings is 2. The molecule has 1 spiro atoms. The number of nitrogens with zero attached hydrogens (tertiary/aromatic N) is 2. The summed E-state index contributed by atoms with van der Waals surface area (Å²) in [7, 11) is 0. The summed E-state index contributed by atoms with van der Waals surface area (Å²) in [5.74, 6) is 0.617. The maximum absolute atomic E-state index is 13.2. The summed E-state index contributed by atoms with van der Waals surface area (Å²) in [6, 6.07) is 14.9. The van der Waals surface area contributed by atoms with Crippen molar-refractivity contribution in [1.82, 2.24) is 4.90 Å². The highest BCUT2D eigenvalue weighted by Crippen LogP contribution is 2.37. The summed E-state index contributed by atoms with van der Waals surface area (Å²) in [5.41, 5.74) is 4.71. The van der Waals surface area contributed by atoms with E-state index in [4.69, 9.17) is 14.2 Å². The number of fused-ring (bicyclic) bond motifs is 1. The molecule has 3 heterocycles. The number of carbonyl (C=O) groups excluding carboxylic acids is 1. The Bertz CT molecular complexity index is 958. The standard InChI is InChI=1S/C26H32N2O4/c1-19-3-6-21(7-4-19)17-28-22(18-30-24-15-20(2)5-8-23(24)28)16-25(29)27-11-9-26(10-12-27)31-13-14-32-26/h3-8,15,22H,9-14,16-18H2,1-2H3/t22-/m0/s1. The van der Waals surface area contributed by atoms with Crippen molar-refractivity contribution in [3.05, 3.63) is 59.2 Å². The predicted octanol–water partition coefficient (Wildman–Crippen LogP) is 3.83. The molecule has 5 rings (SSSR count). The maximum Gasteiger partial charge on any atom is 0.224 e. The second-order valence-corrected chi connectivity index (χ2v) is 9.24. The molecule has 3 aliphatic rings. The molecule has 6 heteroatoms. The van der Waals surface area contributed by atoms with Crippen LogP contribution in [-0.4, -0.2) is 55.5 Å². The molecule has 0 radical (unpaired) electrons. The van der Waals surface area contributed by atoms with Crippen molar-refractivity contribution in [3.8, 4) is 5.75 Å². The lowest BCUT2D eigenvalue weighted by Gasteiger charge is -2.41. The lowest BCUT2D eigenvalue weighted by molar-refractivity contribution is -0.187. The third-order valence-corrected chi connectivity index (χ3v) is 6.87. The van der Waals surface area contributed by atoms with Crippen LogP contribution >= 0.6 is 0 Å². The molecule has 0 unspecified atom stereocenters. The van der Waals surface area contributed by atoms with Crippen LogP contribution in [0.5, 0.6) is 5.75 Å². The van der Waals surface area contributed by atoms with Gasteiger partial charge in [-0.1, -0.05) is 35.9 Å². The van der Waals surface area contributed by atoms with Crippen LogP contribution in [0.2, 0.25) is 0 Å². The minimum atomic E-state index is -0.459. The van der Waals surface area contributed by atoms with E-state index >= 15 is 0 Å². The van der Waals surface area contributed by atoms with Gasteiger partial charge in [-0.3, -0.25) is 4.79 Å². The van der Waals surface area contributed by atoms with Gasteiger partial charge in [-0.25, -0.2) is 0 Å². The van der Waals surface area contributed by atoms with Crippen molar-refractivity contribution < 1.29 is 19.0 Å². The van der Waals surface area contributed by atoms with Gasteiger partial charge in [0.15, 0.2) is 5.79 Å². The number of piperidine rings is 1. The van der Waals surface area contributed by atoms with Gasteiger partial charge >= 0.3 is 0 Å². The Morgan fingerprint density at radius 2 is 1.69 bits per heavy atom. The van der Waals surface area contributed by atoms with Gasteiger partial charge in [-0.2, -0.15) is 0 Å². The fourth-order valence-electron chi connectivity index (χ4n) is 4.93. The monoisotopic (exact) mass is 436 g/mol. The zero-order valence-electron chi connectivity index (χ0n) is 19.0. The van der Waals surface area contributed by atoms with Gasteiger partial charge in [-0.05, 0) is 37.1 Å². The summed E-state index contributed by atoms with van der Waals surface area (Å²) < 4.78 is 17.7. The van der Waals surface area contributed by atoms with Gasteiger partial charge in [0, 0.05) is 32.5 Å². The molecule has 0 saturated carbocycles. The van der Waals surface area contributed by atoms with E-state index in [1.165, 1.54) is 16.7 Å². The second kappa shape index (κ2) is 8.75. The van der Waals surface area contributed by atoms with Crippen molar-refractivity contribution in [2.75, 3.05) is 37.8 Å². The molecule has 1 amide bonds. The number of likely N-dealkylation sites (tertiary alicyclic amines) is 1. The van der Waals surface area contributed by atoms with E-state index in [-0.39, 0.29) is 11.9 Å². The number of hydrogen-bond donors (Lipinski definition) is 0. The first-order valence-electron chi connectivity index (χ1n) is 11.6. The average molecular weight is 437 g/mol. The minimum absolute atomic E-state index is 0.00567. The normalized spacial score (nSPS) is 22.0. The molecule has 0 bridgehead atoms.